The van der Waals surface area contributed by atoms with Gasteiger partial charge in [0, 0.05) is 12.8 Å². The quantitative estimate of drug-likeness (QED) is 0.547. The third kappa shape index (κ3) is 6.50. The highest BCUT2D eigenvalue weighted by Crippen LogP contribution is 2.08. The predicted octanol–water partition coefficient (Wildman–Crippen LogP) is 3.22. The summed E-state index contributed by atoms with van der Waals surface area (Å²) in [6.45, 7) is 0.956. The van der Waals surface area contributed by atoms with E-state index in [0.29, 0.717) is 0 Å². The van der Waals surface area contributed by atoms with Crippen LogP contribution in [0, 0.1) is 0 Å². The van der Waals surface area contributed by atoms with Crippen molar-refractivity contribution in [3.63, 3.8) is 0 Å². The van der Waals surface area contributed by atoms with E-state index in [4.69, 9.17) is 0 Å². The molecule has 0 fully saturated rings. The summed E-state index contributed by atoms with van der Waals surface area (Å²) in [7, 11) is 0. The average Bonchev–Trinajstić information content (AvgIpc) is 2.18. The highest BCUT2D eigenvalue weighted by Gasteiger charge is 1.91. The highest BCUT2D eigenvalue weighted by molar-refractivity contribution is 5.71. The third-order valence-corrected chi connectivity index (χ3v) is 2.37. The van der Waals surface area contributed by atoms with Crippen LogP contribution in [0.15, 0.2) is 9.98 Å². The average molecular weight is 180 g/mol. The van der Waals surface area contributed by atoms with Crippen molar-refractivity contribution >= 4 is 12.6 Å². The second-order valence-corrected chi connectivity index (χ2v) is 3.62. The van der Waals surface area contributed by atoms with Crippen LogP contribution in [0.2, 0.25) is 0 Å². The fourth-order valence-electron chi connectivity index (χ4n) is 1.55. The van der Waals surface area contributed by atoms with Crippen molar-refractivity contribution in [1.29, 1.82) is 0 Å². The van der Waals surface area contributed by atoms with Crippen LogP contribution in [0.25, 0.3) is 0 Å². The molecule has 0 aromatic rings. The van der Waals surface area contributed by atoms with Crippen molar-refractivity contribution in [2.45, 2.75) is 51.4 Å². The molecule has 1 aliphatic rings. The molecule has 1 aliphatic heterocycles. The SMILES string of the molecule is C1=NC=NCCCCCCCCC1. The molecule has 2 heteroatoms. The summed E-state index contributed by atoms with van der Waals surface area (Å²) in [4.78, 5) is 8.33. The van der Waals surface area contributed by atoms with Crippen LogP contribution in [0.1, 0.15) is 51.4 Å². The summed E-state index contributed by atoms with van der Waals surface area (Å²) in [5.74, 6) is 0. The molecule has 13 heavy (non-hydrogen) atoms. The van der Waals surface area contributed by atoms with Gasteiger partial charge in [-0.15, -0.1) is 0 Å². The zero-order valence-electron chi connectivity index (χ0n) is 8.41. The van der Waals surface area contributed by atoms with Gasteiger partial charge >= 0.3 is 0 Å². The smallest absolute Gasteiger partial charge is 0.109 e. The Balaban J connectivity index is 2.18. The van der Waals surface area contributed by atoms with E-state index in [1.165, 1.54) is 44.9 Å². The van der Waals surface area contributed by atoms with Gasteiger partial charge < -0.3 is 0 Å². The Bertz CT molecular complexity index is 143. The molecule has 1 heterocycles. The lowest BCUT2D eigenvalue weighted by molar-refractivity contribution is 0.589. The summed E-state index contributed by atoms with van der Waals surface area (Å²) in [6.07, 6.45) is 14.2. The van der Waals surface area contributed by atoms with Gasteiger partial charge in [0.1, 0.15) is 6.34 Å². The van der Waals surface area contributed by atoms with E-state index >= 15 is 0 Å². The van der Waals surface area contributed by atoms with E-state index in [-0.39, 0.29) is 0 Å². The molecule has 0 N–H and O–H groups in total. The molecule has 0 atom stereocenters. The molecule has 2 nitrogen and oxygen atoms in total. The van der Waals surface area contributed by atoms with Gasteiger partial charge in [-0.2, -0.15) is 0 Å². The molecule has 0 bridgehead atoms. The van der Waals surface area contributed by atoms with Crippen LogP contribution in [-0.2, 0) is 0 Å². The van der Waals surface area contributed by atoms with Gasteiger partial charge in [-0.1, -0.05) is 32.1 Å². The number of aliphatic imine (C=N–C) groups is 2. The lowest BCUT2D eigenvalue weighted by atomic mass is 10.1. The summed E-state index contributed by atoms with van der Waals surface area (Å²) in [5, 5.41) is 0. The predicted molar refractivity (Wildman–Crippen MR) is 58.8 cm³/mol. The Kier molecular flexibility index (Phi) is 6.38. The van der Waals surface area contributed by atoms with Crippen LogP contribution in [0.3, 0.4) is 0 Å². The lowest BCUT2D eigenvalue weighted by Crippen LogP contribution is -1.83. The number of hydrogen-bond donors (Lipinski definition) is 0. The van der Waals surface area contributed by atoms with Crippen LogP contribution >= 0.6 is 0 Å². The van der Waals surface area contributed by atoms with Gasteiger partial charge in [0.2, 0.25) is 0 Å². The molecule has 0 aromatic carbocycles. The monoisotopic (exact) mass is 180 g/mol. The Hall–Kier alpha value is -0.660. The van der Waals surface area contributed by atoms with Gasteiger partial charge in [-0.25, -0.2) is 4.99 Å². The molecular weight excluding hydrogens is 160 g/mol. The fourth-order valence-corrected chi connectivity index (χ4v) is 1.55. The van der Waals surface area contributed by atoms with Crippen molar-refractivity contribution in [1.82, 2.24) is 0 Å². The van der Waals surface area contributed by atoms with Crippen LogP contribution in [0.4, 0.5) is 0 Å². The molecule has 0 saturated heterocycles. The van der Waals surface area contributed by atoms with Crippen LogP contribution in [0.5, 0.6) is 0 Å². The second kappa shape index (κ2) is 7.96. The van der Waals surface area contributed by atoms with E-state index in [0.717, 1.165) is 13.0 Å². The van der Waals surface area contributed by atoms with E-state index in [1.54, 1.807) is 6.34 Å². The fraction of sp³-hybridized carbons (Fsp3) is 0.818. The molecule has 0 radical (unpaired) electrons. The maximum absolute atomic E-state index is 4.21. The summed E-state index contributed by atoms with van der Waals surface area (Å²) >= 11 is 0. The molecular formula is C11H20N2. The normalized spacial score (nSPS) is 21.5. The minimum absolute atomic E-state index is 0.956. The van der Waals surface area contributed by atoms with Gasteiger partial charge in [-0.3, -0.25) is 4.99 Å². The van der Waals surface area contributed by atoms with Crippen molar-refractivity contribution in [3.8, 4) is 0 Å². The summed E-state index contributed by atoms with van der Waals surface area (Å²) in [5.41, 5.74) is 0. The Morgan fingerprint density at radius 2 is 1.46 bits per heavy atom. The maximum atomic E-state index is 4.21. The van der Waals surface area contributed by atoms with Crippen molar-refractivity contribution in [2.75, 3.05) is 6.54 Å². The van der Waals surface area contributed by atoms with Gasteiger partial charge in [0.15, 0.2) is 0 Å². The van der Waals surface area contributed by atoms with Crippen molar-refractivity contribution in [2.24, 2.45) is 9.98 Å². The maximum Gasteiger partial charge on any atom is 0.109 e. The summed E-state index contributed by atoms with van der Waals surface area (Å²) < 4.78 is 0. The molecule has 74 valence electrons. The molecule has 0 aromatic heterocycles. The second-order valence-electron chi connectivity index (χ2n) is 3.62. The van der Waals surface area contributed by atoms with E-state index in [9.17, 15) is 0 Å². The minimum Gasteiger partial charge on any atom is -0.274 e. The lowest BCUT2D eigenvalue weighted by Gasteiger charge is -1.98. The standard InChI is InChI=1S/C11H20N2/c1-2-4-6-8-10-13-11-12-9-7-5-3-1/h9,11H,1-8,10H2. The first-order valence-electron chi connectivity index (χ1n) is 5.50. The van der Waals surface area contributed by atoms with E-state index < -0.39 is 0 Å². The molecule has 1 rings (SSSR count). The van der Waals surface area contributed by atoms with Crippen LogP contribution in [-0.4, -0.2) is 19.1 Å². The number of rotatable bonds is 0. The molecule has 0 saturated carbocycles. The number of nitrogens with zero attached hydrogens (tertiary/aromatic N) is 2. The molecule has 0 aliphatic carbocycles. The first-order valence-corrected chi connectivity index (χ1v) is 5.50. The van der Waals surface area contributed by atoms with Gasteiger partial charge in [0.05, 0.1) is 0 Å². The molecule has 0 spiro atoms. The minimum atomic E-state index is 0.956. The third-order valence-electron chi connectivity index (χ3n) is 2.37. The zero-order chi connectivity index (χ0) is 9.19. The van der Waals surface area contributed by atoms with Crippen LogP contribution < -0.4 is 0 Å². The van der Waals surface area contributed by atoms with Gasteiger partial charge in [0.25, 0.3) is 0 Å². The highest BCUT2D eigenvalue weighted by atomic mass is 14.8. The molecule has 0 amide bonds. The largest absolute Gasteiger partial charge is 0.274 e. The Morgan fingerprint density at radius 3 is 2.31 bits per heavy atom. The first kappa shape index (κ1) is 10.4. The van der Waals surface area contributed by atoms with E-state index in [2.05, 4.69) is 9.98 Å². The van der Waals surface area contributed by atoms with Crippen molar-refractivity contribution in [3.05, 3.63) is 0 Å². The van der Waals surface area contributed by atoms with Crippen molar-refractivity contribution < 1.29 is 0 Å². The number of hydrogen-bond acceptors (Lipinski definition) is 2. The first-order chi connectivity index (χ1) is 6.50. The Labute approximate surface area is 81.2 Å². The topological polar surface area (TPSA) is 24.7 Å². The van der Waals surface area contributed by atoms with Gasteiger partial charge in [-0.05, 0) is 19.3 Å². The summed E-state index contributed by atoms with van der Waals surface area (Å²) in [6, 6.07) is 0. The zero-order valence-corrected chi connectivity index (χ0v) is 8.41. The molecule has 0 unspecified atom stereocenters. The van der Waals surface area contributed by atoms with E-state index in [1.807, 2.05) is 6.21 Å². The Morgan fingerprint density at radius 1 is 0.769 bits per heavy atom.